The lowest BCUT2D eigenvalue weighted by atomic mass is 9.89. The summed E-state index contributed by atoms with van der Waals surface area (Å²) >= 11 is 0. The van der Waals surface area contributed by atoms with E-state index in [2.05, 4.69) is 0 Å². The van der Waals surface area contributed by atoms with E-state index in [1.807, 2.05) is 37.3 Å². The molecule has 2 rings (SSSR count). The molecule has 0 saturated heterocycles. The standard InChI is InChI=1S/C17H20FNO2/c1-13-7-8-15(18)16(11-13)21-10-9-17(19,12-20)14-5-3-2-4-6-14/h2-8,11,20H,9-10,12,19H2,1H3. The van der Waals surface area contributed by atoms with E-state index in [0.29, 0.717) is 6.42 Å². The quantitative estimate of drug-likeness (QED) is 0.859. The zero-order valence-electron chi connectivity index (χ0n) is 12.1. The van der Waals surface area contributed by atoms with E-state index in [1.54, 1.807) is 12.1 Å². The third-order valence-corrected chi connectivity index (χ3v) is 3.52. The van der Waals surface area contributed by atoms with Crippen LogP contribution < -0.4 is 10.5 Å². The number of aliphatic hydroxyl groups is 1. The molecule has 0 aromatic heterocycles. The molecule has 0 aliphatic heterocycles. The van der Waals surface area contributed by atoms with Crippen molar-refractivity contribution in [3.63, 3.8) is 0 Å². The molecule has 0 aliphatic rings. The van der Waals surface area contributed by atoms with Gasteiger partial charge in [0, 0.05) is 6.42 Å². The first-order valence-corrected chi connectivity index (χ1v) is 6.89. The zero-order valence-corrected chi connectivity index (χ0v) is 12.1. The van der Waals surface area contributed by atoms with Crippen molar-refractivity contribution in [3.05, 3.63) is 65.5 Å². The van der Waals surface area contributed by atoms with Crippen molar-refractivity contribution in [2.45, 2.75) is 18.9 Å². The maximum absolute atomic E-state index is 13.6. The summed E-state index contributed by atoms with van der Waals surface area (Å²) < 4.78 is 19.1. The Morgan fingerprint density at radius 3 is 2.57 bits per heavy atom. The fraction of sp³-hybridized carbons (Fsp3) is 0.294. The number of hydrogen-bond acceptors (Lipinski definition) is 3. The minimum Gasteiger partial charge on any atom is -0.490 e. The fourth-order valence-electron chi connectivity index (χ4n) is 2.15. The first-order chi connectivity index (χ1) is 10.0. The van der Waals surface area contributed by atoms with Crippen LogP contribution in [0.5, 0.6) is 5.75 Å². The molecule has 0 bridgehead atoms. The van der Waals surface area contributed by atoms with Crippen molar-refractivity contribution in [1.29, 1.82) is 0 Å². The molecule has 0 fully saturated rings. The molecule has 4 heteroatoms. The Labute approximate surface area is 124 Å². The second kappa shape index (κ2) is 6.70. The van der Waals surface area contributed by atoms with Gasteiger partial charge in [-0.1, -0.05) is 36.4 Å². The third-order valence-electron chi connectivity index (χ3n) is 3.52. The van der Waals surface area contributed by atoms with Crippen LogP contribution >= 0.6 is 0 Å². The SMILES string of the molecule is Cc1ccc(F)c(OCCC(N)(CO)c2ccccc2)c1. The molecule has 0 saturated carbocycles. The Morgan fingerprint density at radius 1 is 1.19 bits per heavy atom. The van der Waals surface area contributed by atoms with Gasteiger partial charge in [0.25, 0.3) is 0 Å². The van der Waals surface area contributed by atoms with Crippen molar-refractivity contribution in [2.75, 3.05) is 13.2 Å². The van der Waals surface area contributed by atoms with Gasteiger partial charge in [-0.15, -0.1) is 0 Å². The van der Waals surface area contributed by atoms with Gasteiger partial charge in [0.1, 0.15) is 0 Å². The van der Waals surface area contributed by atoms with Crippen LogP contribution in [0.25, 0.3) is 0 Å². The van der Waals surface area contributed by atoms with E-state index in [-0.39, 0.29) is 19.0 Å². The van der Waals surface area contributed by atoms with Gasteiger partial charge in [-0.2, -0.15) is 0 Å². The number of nitrogens with two attached hydrogens (primary N) is 1. The molecule has 3 nitrogen and oxygen atoms in total. The summed E-state index contributed by atoms with van der Waals surface area (Å²) in [6.45, 7) is 1.90. The number of rotatable bonds is 6. The summed E-state index contributed by atoms with van der Waals surface area (Å²) in [6, 6.07) is 14.1. The van der Waals surface area contributed by atoms with E-state index in [1.165, 1.54) is 6.07 Å². The van der Waals surface area contributed by atoms with Crippen LogP contribution in [0.15, 0.2) is 48.5 Å². The minimum absolute atomic E-state index is 0.198. The van der Waals surface area contributed by atoms with Gasteiger partial charge in [-0.25, -0.2) is 4.39 Å². The first-order valence-electron chi connectivity index (χ1n) is 6.89. The van der Waals surface area contributed by atoms with Crippen LogP contribution in [0.1, 0.15) is 17.5 Å². The summed E-state index contributed by atoms with van der Waals surface area (Å²) in [7, 11) is 0. The normalized spacial score (nSPS) is 13.7. The Morgan fingerprint density at radius 2 is 1.90 bits per heavy atom. The summed E-state index contributed by atoms with van der Waals surface area (Å²) in [5.74, 6) is -0.185. The predicted octanol–water partition coefficient (Wildman–Crippen LogP) is 2.75. The molecule has 21 heavy (non-hydrogen) atoms. The number of halogens is 1. The van der Waals surface area contributed by atoms with Gasteiger partial charge in [-0.3, -0.25) is 0 Å². The number of hydrogen-bond donors (Lipinski definition) is 2. The van der Waals surface area contributed by atoms with Gasteiger partial charge in [0.2, 0.25) is 0 Å². The number of ether oxygens (including phenoxy) is 1. The van der Waals surface area contributed by atoms with Gasteiger partial charge in [0.05, 0.1) is 18.8 Å². The van der Waals surface area contributed by atoms with E-state index in [9.17, 15) is 9.50 Å². The Bertz CT molecular complexity index is 589. The van der Waals surface area contributed by atoms with Crippen LogP contribution in [0, 0.1) is 12.7 Å². The molecule has 0 aliphatic carbocycles. The smallest absolute Gasteiger partial charge is 0.165 e. The summed E-state index contributed by atoms with van der Waals surface area (Å²) in [4.78, 5) is 0. The highest BCUT2D eigenvalue weighted by Gasteiger charge is 2.26. The topological polar surface area (TPSA) is 55.5 Å². The highest BCUT2D eigenvalue weighted by Crippen LogP contribution is 2.23. The molecular formula is C17H20FNO2. The summed E-state index contributed by atoms with van der Waals surface area (Å²) in [5.41, 5.74) is 7.10. The highest BCUT2D eigenvalue weighted by atomic mass is 19.1. The molecule has 1 unspecified atom stereocenters. The number of aliphatic hydroxyl groups excluding tert-OH is 1. The van der Waals surface area contributed by atoms with Crippen molar-refractivity contribution >= 4 is 0 Å². The van der Waals surface area contributed by atoms with Crippen LogP contribution in [-0.4, -0.2) is 18.3 Å². The highest BCUT2D eigenvalue weighted by molar-refractivity contribution is 5.29. The molecule has 1 atom stereocenters. The van der Waals surface area contributed by atoms with E-state index in [0.717, 1.165) is 11.1 Å². The van der Waals surface area contributed by atoms with Gasteiger partial charge in [-0.05, 0) is 30.2 Å². The molecule has 112 valence electrons. The van der Waals surface area contributed by atoms with E-state index < -0.39 is 11.4 Å². The molecule has 3 N–H and O–H groups in total. The lowest BCUT2D eigenvalue weighted by Gasteiger charge is -2.27. The first kappa shape index (κ1) is 15.5. The van der Waals surface area contributed by atoms with Crippen molar-refractivity contribution < 1.29 is 14.2 Å². The van der Waals surface area contributed by atoms with E-state index >= 15 is 0 Å². The lowest BCUT2D eigenvalue weighted by molar-refractivity contribution is 0.161. The van der Waals surface area contributed by atoms with Gasteiger partial charge >= 0.3 is 0 Å². The second-order valence-electron chi connectivity index (χ2n) is 5.21. The third kappa shape index (κ3) is 3.80. The molecule has 0 spiro atoms. The van der Waals surface area contributed by atoms with Gasteiger partial charge in [0.15, 0.2) is 11.6 Å². The molecule has 0 heterocycles. The van der Waals surface area contributed by atoms with Crippen LogP contribution in [-0.2, 0) is 5.54 Å². The van der Waals surface area contributed by atoms with Crippen LogP contribution in [0.2, 0.25) is 0 Å². The number of benzene rings is 2. The largest absolute Gasteiger partial charge is 0.490 e. The zero-order chi connectivity index (χ0) is 15.3. The van der Waals surface area contributed by atoms with Crippen LogP contribution in [0.3, 0.4) is 0 Å². The average molecular weight is 289 g/mol. The van der Waals surface area contributed by atoms with Gasteiger partial charge < -0.3 is 15.6 Å². The molecule has 2 aromatic carbocycles. The summed E-state index contributed by atoms with van der Waals surface area (Å²) in [6.07, 6.45) is 0.390. The van der Waals surface area contributed by atoms with Crippen LogP contribution in [0.4, 0.5) is 4.39 Å². The Kier molecular flexibility index (Phi) is 4.94. The fourth-order valence-corrected chi connectivity index (χ4v) is 2.15. The predicted molar refractivity (Wildman–Crippen MR) is 80.6 cm³/mol. The maximum atomic E-state index is 13.6. The Hall–Kier alpha value is -1.91. The van der Waals surface area contributed by atoms with Crippen molar-refractivity contribution in [3.8, 4) is 5.75 Å². The average Bonchev–Trinajstić information content (AvgIpc) is 2.51. The Balaban J connectivity index is 2.02. The maximum Gasteiger partial charge on any atom is 0.165 e. The molecular weight excluding hydrogens is 269 g/mol. The molecule has 0 radical (unpaired) electrons. The molecule has 2 aromatic rings. The van der Waals surface area contributed by atoms with Crippen molar-refractivity contribution in [1.82, 2.24) is 0 Å². The van der Waals surface area contributed by atoms with Crippen molar-refractivity contribution in [2.24, 2.45) is 5.73 Å². The van der Waals surface area contributed by atoms with E-state index in [4.69, 9.17) is 10.5 Å². The second-order valence-corrected chi connectivity index (χ2v) is 5.21. The number of aryl methyl sites for hydroxylation is 1. The lowest BCUT2D eigenvalue weighted by Crippen LogP contribution is -2.41. The summed E-state index contributed by atoms with van der Waals surface area (Å²) in [5, 5.41) is 9.58. The monoisotopic (exact) mass is 289 g/mol. The molecule has 0 amide bonds. The minimum atomic E-state index is -0.887.